The van der Waals surface area contributed by atoms with Gasteiger partial charge in [-0.1, -0.05) is 0 Å². The summed E-state index contributed by atoms with van der Waals surface area (Å²) in [6.07, 6.45) is 2.38. The third kappa shape index (κ3) is 5.09. The predicted molar refractivity (Wildman–Crippen MR) is 101 cm³/mol. The third-order valence-corrected chi connectivity index (χ3v) is 5.01. The van der Waals surface area contributed by atoms with Crippen molar-refractivity contribution in [3.63, 3.8) is 0 Å². The number of benzene rings is 1. The molecule has 2 aliphatic heterocycles. The van der Waals surface area contributed by atoms with Crippen molar-refractivity contribution < 1.29 is 14.7 Å². The number of nitrogens with one attached hydrogen (secondary N) is 3. The van der Waals surface area contributed by atoms with Gasteiger partial charge >= 0.3 is 12.0 Å². The normalized spacial score (nSPS) is 19.2. The third-order valence-electron chi connectivity index (χ3n) is 5.01. The van der Waals surface area contributed by atoms with E-state index in [-0.39, 0.29) is 12.6 Å². The Morgan fingerprint density at radius 3 is 2.27 bits per heavy atom. The molecule has 0 spiro atoms. The number of piperidine rings is 1. The van der Waals surface area contributed by atoms with Crippen molar-refractivity contribution in [1.82, 2.24) is 15.1 Å². The highest BCUT2D eigenvalue weighted by atomic mass is 16.4. The van der Waals surface area contributed by atoms with E-state index < -0.39 is 5.97 Å². The van der Waals surface area contributed by atoms with E-state index in [9.17, 15) is 9.59 Å². The van der Waals surface area contributed by atoms with E-state index in [0.717, 1.165) is 39.3 Å². The van der Waals surface area contributed by atoms with Crippen LogP contribution in [0.4, 0.5) is 16.2 Å². The van der Waals surface area contributed by atoms with E-state index in [1.807, 2.05) is 4.90 Å². The SMILES string of the molecule is O=C(O)CNc1ccc(NC(=O)N2CCN(C3CCNCC3)CC2)cc1. The van der Waals surface area contributed by atoms with Gasteiger partial charge in [-0.15, -0.1) is 0 Å². The Morgan fingerprint density at radius 2 is 1.65 bits per heavy atom. The summed E-state index contributed by atoms with van der Waals surface area (Å²) in [5.41, 5.74) is 1.41. The average molecular weight is 361 g/mol. The summed E-state index contributed by atoms with van der Waals surface area (Å²) in [7, 11) is 0. The highest BCUT2D eigenvalue weighted by Crippen LogP contribution is 2.17. The smallest absolute Gasteiger partial charge is 0.322 e. The number of carbonyl (C=O) groups is 2. The molecule has 0 atom stereocenters. The fourth-order valence-electron chi connectivity index (χ4n) is 3.51. The number of amides is 2. The van der Waals surface area contributed by atoms with E-state index in [1.54, 1.807) is 24.3 Å². The second-order valence-corrected chi connectivity index (χ2v) is 6.76. The number of carbonyl (C=O) groups excluding carboxylic acids is 1. The van der Waals surface area contributed by atoms with Gasteiger partial charge in [0.05, 0.1) is 0 Å². The molecule has 2 amide bonds. The molecule has 2 aliphatic rings. The molecule has 0 aliphatic carbocycles. The van der Waals surface area contributed by atoms with E-state index in [0.29, 0.717) is 17.4 Å². The Bertz CT molecular complexity index is 608. The van der Waals surface area contributed by atoms with Crippen LogP contribution in [0.1, 0.15) is 12.8 Å². The fraction of sp³-hybridized carbons (Fsp3) is 0.556. The first-order valence-electron chi connectivity index (χ1n) is 9.18. The molecule has 26 heavy (non-hydrogen) atoms. The van der Waals surface area contributed by atoms with Crippen LogP contribution in [0.3, 0.4) is 0 Å². The van der Waals surface area contributed by atoms with Crippen LogP contribution in [0, 0.1) is 0 Å². The van der Waals surface area contributed by atoms with Gasteiger partial charge in [0.2, 0.25) is 0 Å². The van der Waals surface area contributed by atoms with Crippen LogP contribution >= 0.6 is 0 Å². The Hall–Kier alpha value is -2.32. The zero-order valence-corrected chi connectivity index (χ0v) is 14.9. The summed E-state index contributed by atoms with van der Waals surface area (Å²) in [4.78, 5) is 27.4. The molecule has 1 aromatic carbocycles. The molecule has 8 heteroatoms. The molecule has 2 fully saturated rings. The summed E-state index contributed by atoms with van der Waals surface area (Å²) in [6, 6.07) is 7.62. The number of anilines is 2. The molecule has 8 nitrogen and oxygen atoms in total. The molecule has 142 valence electrons. The number of aliphatic carboxylic acids is 1. The first-order chi connectivity index (χ1) is 12.6. The Balaban J connectivity index is 1.44. The van der Waals surface area contributed by atoms with Gasteiger partial charge in [-0.25, -0.2) is 4.79 Å². The molecule has 2 heterocycles. The van der Waals surface area contributed by atoms with Gasteiger partial charge in [-0.3, -0.25) is 9.69 Å². The van der Waals surface area contributed by atoms with Crippen molar-refractivity contribution in [3.8, 4) is 0 Å². The quantitative estimate of drug-likeness (QED) is 0.627. The molecular weight excluding hydrogens is 334 g/mol. The van der Waals surface area contributed by atoms with Crippen LogP contribution < -0.4 is 16.0 Å². The molecule has 3 rings (SSSR count). The predicted octanol–water partition coefficient (Wildman–Crippen LogP) is 1.08. The summed E-state index contributed by atoms with van der Waals surface area (Å²) < 4.78 is 0. The number of carboxylic acid groups (broad SMARTS) is 1. The van der Waals surface area contributed by atoms with Gasteiger partial charge in [-0.05, 0) is 50.2 Å². The van der Waals surface area contributed by atoms with Gasteiger partial charge in [0.1, 0.15) is 6.54 Å². The highest BCUT2D eigenvalue weighted by Gasteiger charge is 2.26. The summed E-state index contributed by atoms with van der Waals surface area (Å²) in [6.45, 7) is 5.38. The number of nitrogens with zero attached hydrogens (tertiary/aromatic N) is 2. The van der Waals surface area contributed by atoms with Crippen molar-refractivity contribution in [3.05, 3.63) is 24.3 Å². The maximum absolute atomic E-state index is 12.4. The topological polar surface area (TPSA) is 96.9 Å². The van der Waals surface area contributed by atoms with Crippen LogP contribution in [0.25, 0.3) is 0 Å². The molecule has 0 unspecified atom stereocenters. The fourth-order valence-corrected chi connectivity index (χ4v) is 3.51. The minimum absolute atomic E-state index is 0.0822. The van der Waals surface area contributed by atoms with E-state index >= 15 is 0 Å². The maximum atomic E-state index is 12.4. The summed E-state index contributed by atoms with van der Waals surface area (Å²) in [5, 5.41) is 17.8. The molecule has 4 N–H and O–H groups in total. The Kier molecular flexibility index (Phi) is 6.30. The largest absolute Gasteiger partial charge is 0.480 e. The zero-order valence-electron chi connectivity index (χ0n) is 14.9. The average Bonchev–Trinajstić information content (AvgIpc) is 2.68. The molecule has 1 aromatic rings. The van der Waals surface area contributed by atoms with Gasteiger partial charge in [0.15, 0.2) is 0 Å². The van der Waals surface area contributed by atoms with E-state index in [1.165, 1.54) is 12.8 Å². The van der Waals surface area contributed by atoms with Crippen molar-refractivity contribution >= 4 is 23.4 Å². The maximum Gasteiger partial charge on any atom is 0.322 e. The van der Waals surface area contributed by atoms with Crippen LogP contribution in [0.15, 0.2) is 24.3 Å². The lowest BCUT2D eigenvalue weighted by Gasteiger charge is -2.40. The molecule has 0 radical (unpaired) electrons. The lowest BCUT2D eigenvalue weighted by atomic mass is 10.0. The van der Waals surface area contributed by atoms with Gasteiger partial charge in [0.25, 0.3) is 0 Å². The zero-order chi connectivity index (χ0) is 18.4. The molecule has 2 saturated heterocycles. The number of carboxylic acids is 1. The van der Waals surface area contributed by atoms with Gasteiger partial charge < -0.3 is 26.0 Å². The first-order valence-corrected chi connectivity index (χ1v) is 9.18. The van der Waals surface area contributed by atoms with Crippen LogP contribution in [-0.4, -0.2) is 78.8 Å². The molecule has 0 aromatic heterocycles. The van der Waals surface area contributed by atoms with Crippen molar-refractivity contribution in [1.29, 1.82) is 0 Å². The van der Waals surface area contributed by atoms with Crippen molar-refractivity contribution in [2.75, 3.05) is 56.4 Å². The lowest BCUT2D eigenvalue weighted by Crippen LogP contribution is -2.54. The number of urea groups is 1. The van der Waals surface area contributed by atoms with Crippen molar-refractivity contribution in [2.24, 2.45) is 0 Å². The summed E-state index contributed by atoms with van der Waals surface area (Å²) >= 11 is 0. The van der Waals surface area contributed by atoms with E-state index in [4.69, 9.17) is 5.11 Å². The lowest BCUT2D eigenvalue weighted by molar-refractivity contribution is -0.134. The molecular formula is C18H27N5O3. The van der Waals surface area contributed by atoms with E-state index in [2.05, 4.69) is 20.9 Å². The number of rotatable bonds is 5. The standard InChI is InChI=1S/C18H27N5O3/c24-17(25)13-20-14-1-3-15(4-2-14)21-18(26)23-11-9-22(10-12-23)16-5-7-19-8-6-16/h1-4,16,19-20H,5-13H2,(H,21,26)(H,24,25). The van der Waals surface area contributed by atoms with Gasteiger partial charge in [0, 0.05) is 43.6 Å². The second-order valence-electron chi connectivity index (χ2n) is 6.76. The van der Waals surface area contributed by atoms with Crippen LogP contribution in [-0.2, 0) is 4.79 Å². The minimum atomic E-state index is -0.911. The number of hydrogen-bond acceptors (Lipinski definition) is 5. The first kappa shape index (κ1) is 18.5. The monoisotopic (exact) mass is 361 g/mol. The Morgan fingerprint density at radius 1 is 1.04 bits per heavy atom. The van der Waals surface area contributed by atoms with Crippen LogP contribution in [0.5, 0.6) is 0 Å². The number of piperazine rings is 1. The molecule has 0 saturated carbocycles. The minimum Gasteiger partial charge on any atom is -0.480 e. The second kappa shape index (κ2) is 8.86. The summed E-state index contributed by atoms with van der Waals surface area (Å²) in [5.74, 6) is -0.911. The van der Waals surface area contributed by atoms with Crippen LogP contribution in [0.2, 0.25) is 0 Å². The highest BCUT2D eigenvalue weighted by molar-refractivity contribution is 5.89. The molecule has 0 bridgehead atoms. The van der Waals surface area contributed by atoms with Gasteiger partial charge in [-0.2, -0.15) is 0 Å². The number of hydrogen-bond donors (Lipinski definition) is 4. The van der Waals surface area contributed by atoms with Crippen molar-refractivity contribution in [2.45, 2.75) is 18.9 Å². The Labute approximate surface area is 153 Å².